The maximum atomic E-state index is 8.72. The van der Waals surface area contributed by atoms with E-state index >= 15 is 0 Å². The zero-order chi connectivity index (χ0) is 14.9. The first-order chi connectivity index (χ1) is 10.3. The number of rotatable bonds is 6. The van der Waals surface area contributed by atoms with Crippen molar-refractivity contribution < 1.29 is 4.74 Å². The fourth-order valence-corrected chi connectivity index (χ4v) is 1.60. The van der Waals surface area contributed by atoms with Gasteiger partial charge in [-0.15, -0.1) is 0 Å². The Morgan fingerprint density at radius 2 is 1.52 bits per heavy atom. The Hall–Kier alpha value is -2.71. The fourth-order valence-electron chi connectivity index (χ4n) is 1.60. The van der Waals surface area contributed by atoms with E-state index in [9.17, 15) is 0 Å². The van der Waals surface area contributed by atoms with Crippen molar-refractivity contribution in [3.8, 4) is 11.8 Å². The molecule has 0 radical (unpaired) electrons. The third-order valence-corrected chi connectivity index (χ3v) is 2.73. The lowest BCUT2D eigenvalue weighted by Crippen LogP contribution is -2.05. The summed E-state index contributed by atoms with van der Waals surface area (Å²) in [5.41, 5.74) is 7.46. The van der Waals surface area contributed by atoms with Crippen LogP contribution in [-0.4, -0.2) is 13.2 Å². The van der Waals surface area contributed by atoms with Crippen LogP contribution >= 0.6 is 0 Å². The molecule has 21 heavy (non-hydrogen) atoms. The number of nitrogens with two attached hydrogens (primary N) is 1. The molecule has 0 spiro atoms. The lowest BCUT2D eigenvalue weighted by Gasteiger charge is -2.04. The van der Waals surface area contributed by atoms with E-state index in [0.29, 0.717) is 24.4 Å². The van der Waals surface area contributed by atoms with Gasteiger partial charge in [0.05, 0.1) is 29.6 Å². The van der Waals surface area contributed by atoms with Gasteiger partial charge in [-0.25, -0.2) is 0 Å². The van der Waals surface area contributed by atoms with E-state index in [1.807, 2.05) is 24.3 Å². The number of hydrogen-bond acceptors (Lipinski definition) is 5. The molecule has 5 heteroatoms. The van der Waals surface area contributed by atoms with E-state index in [0.717, 1.165) is 17.9 Å². The molecule has 2 aromatic carbocycles. The van der Waals surface area contributed by atoms with Crippen molar-refractivity contribution in [1.82, 2.24) is 0 Å². The normalized spacial score (nSPS) is 10.5. The number of nitriles is 1. The van der Waals surface area contributed by atoms with Crippen LogP contribution in [0.4, 0.5) is 11.4 Å². The predicted octanol–water partition coefficient (Wildman–Crippen LogP) is 3.70. The summed E-state index contributed by atoms with van der Waals surface area (Å²) in [5.74, 6) is 0.792. The van der Waals surface area contributed by atoms with E-state index in [1.54, 1.807) is 24.3 Å². The Morgan fingerprint density at radius 3 is 2.05 bits per heavy atom. The van der Waals surface area contributed by atoms with Gasteiger partial charge in [0.15, 0.2) is 0 Å². The lowest BCUT2D eigenvalue weighted by molar-refractivity contribution is 0.313. The number of ether oxygens (including phenoxy) is 1. The molecule has 5 nitrogen and oxygen atoms in total. The van der Waals surface area contributed by atoms with E-state index in [-0.39, 0.29) is 0 Å². The quantitative estimate of drug-likeness (QED) is 0.646. The second kappa shape index (κ2) is 7.78. The van der Waals surface area contributed by atoms with Gasteiger partial charge in [-0.05, 0) is 61.5 Å². The van der Waals surface area contributed by atoms with E-state index in [1.165, 1.54) is 0 Å². The van der Waals surface area contributed by atoms with Gasteiger partial charge in [0.1, 0.15) is 5.75 Å². The minimum absolute atomic E-state index is 0.605. The average molecular weight is 280 g/mol. The fraction of sp³-hybridized carbons (Fsp3) is 0.188. The topological polar surface area (TPSA) is 83.8 Å². The Labute approximate surface area is 123 Å². The molecule has 0 fully saturated rings. The summed E-state index contributed by atoms with van der Waals surface area (Å²) in [6, 6.07) is 16.4. The monoisotopic (exact) mass is 280 g/mol. The Bertz CT molecular complexity index is 627. The van der Waals surface area contributed by atoms with E-state index < -0.39 is 0 Å². The molecular weight excluding hydrogens is 264 g/mol. The second-order valence-corrected chi connectivity index (χ2v) is 4.34. The van der Waals surface area contributed by atoms with Gasteiger partial charge in [0, 0.05) is 0 Å². The molecule has 2 rings (SSSR count). The Kier molecular flexibility index (Phi) is 5.44. The van der Waals surface area contributed by atoms with Gasteiger partial charge in [0.2, 0.25) is 0 Å². The zero-order valence-electron chi connectivity index (χ0n) is 11.6. The first kappa shape index (κ1) is 14.7. The minimum Gasteiger partial charge on any atom is -0.494 e. The van der Waals surface area contributed by atoms with Crippen molar-refractivity contribution in [2.75, 3.05) is 13.2 Å². The van der Waals surface area contributed by atoms with Crippen molar-refractivity contribution in [3.05, 3.63) is 54.1 Å². The molecule has 0 unspecified atom stereocenters. The molecule has 0 saturated carbocycles. The highest BCUT2D eigenvalue weighted by molar-refractivity contribution is 5.44. The Morgan fingerprint density at radius 1 is 0.952 bits per heavy atom. The first-order valence-corrected chi connectivity index (χ1v) is 6.66. The molecule has 2 aromatic rings. The van der Waals surface area contributed by atoms with Crippen LogP contribution in [0.25, 0.3) is 0 Å². The van der Waals surface area contributed by atoms with Crippen molar-refractivity contribution in [3.63, 3.8) is 0 Å². The largest absolute Gasteiger partial charge is 0.494 e. The maximum absolute atomic E-state index is 8.72. The van der Waals surface area contributed by atoms with Crippen LogP contribution in [0.3, 0.4) is 0 Å². The van der Waals surface area contributed by atoms with Crippen molar-refractivity contribution in [1.29, 1.82) is 5.26 Å². The highest BCUT2D eigenvalue weighted by atomic mass is 16.5. The molecule has 0 aliphatic carbocycles. The number of benzene rings is 2. The molecule has 0 saturated heterocycles. The molecule has 0 heterocycles. The highest BCUT2D eigenvalue weighted by Gasteiger charge is 1.95. The van der Waals surface area contributed by atoms with Gasteiger partial charge >= 0.3 is 0 Å². The summed E-state index contributed by atoms with van der Waals surface area (Å²) in [6.45, 7) is 1.24. The van der Waals surface area contributed by atoms with Crippen LogP contribution < -0.4 is 10.5 Å². The molecule has 0 aliphatic rings. The molecule has 0 bridgehead atoms. The molecular formula is C16H16N4O. The standard InChI is InChI=1S/C16H16N4O/c17-10-1-11-21-16-8-6-15(7-9-16)20-19-14-4-2-13(12-18)3-5-14/h2-9H,1,10-11,17H2. The maximum Gasteiger partial charge on any atom is 0.119 e. The molecule has 0 aromatic heterocycles. The summed E-state index contributed by atoms with van der Waals surface area (Å²) in [4.78, 5) is 0. The highest BCUT2D eigenvalue weighted by Crippen LogP contribution is 2.21. The van der Waals surface area contributed by atoms with Crippen molar-refractivity contribution >= 4 is 11.4 Å². The van der Waals surface area contributed by atoms with Crippen molar-refractivity contribution in [2.45, 2.75) is 6.42 Å². The summed E-state index contributed by atoms with van der Waals surface area (Å²) in [6.07, 6.45) is 0.833. The predicted molar refractivity (Wildman–Crippen MR) is 80.9 cm³/mol. The van der Waals surface area contributed by atoms with Gasteiger partial charge in [0.25, 0.3) is 0 Å². The van der Waals surface area contributed by atoms with E-state index in [4.69, 9.17) is 15.7 Å². The van der Waals surface area contributed by atoms with Crippen LogP contribution in [0.5, 0.6) is 5.75 Å². The zero-order valence-corrected chi connectivity index (χ0v) is 11.6. The second-order valence-electron chi connectivity index (χ2n) is 4.34. The van der Waals surface area contributed by atoms with Gasteiger partial charge in [-0.3, -0.25) is 0 Å². The summed E-state index contributed by atoms with van der Waals surface area (Å²) >= 11 is 0. The summed E-state index contributed by atoms with van der Waals surface area (Å²) < 4.78 is 5.51. The Balaban J connectivity index is 1.95. The SMILES string of the molecule is N#Cc1ccc(N=Nc2ccc(OCCCN)cc2)cc1. The van der Waals surface area contributed by atoms with Crippen LogP contribution in [0.15, 0.2) is 58.8 Å². The number of azo groups is 1. The average Bonchev–Trinajstić information content (AvgIpc) is 2.55. The minimum atomic E-state index is 0.605. The lowest BCUT2D eigenvalue weighted by atomic mass is 10.2. The summed E-state index contributed by atoms with van der Waals surface area (Å²) in [5, 5.41) is 17.0. The van der Waals surface area contributed by atoms with Gasteiger partial charge in [-0.2, -0.15) is 15.5 Å². The van der Waals surface area contributed by atoms with Crippen LogP contribution in [-0.2, 0) is 0 Å². The van der Waals surface area contributed by atoms with E-state index in [2.05, 4.69) is 16.3 Å². The third-order valence-electron chi connectivity index (χ3n) is 2.73. The number of hydrogen-bond donors (Lipinski definition) is 1. The van der Waals surface area contributed by atoms with Crippen LogP contribution in [0.2, 0.25) is 0 Å². The molecule has 0 atom stereocenters. The third kappa shape index (κ3) is 4.71. The molecule has 2 N–H and O–H groups in total. The van der Waals surface area contributed by atoms with Gasteiger partial charge < -0.3 is 10.5 Å². The van der Waals surface area contributed by atoms with Gasteiger partial charge in [-0.1, -0.05) is 0 Å². The van der Waals surface area contributed by atoms with Crippen LogP contribution in [0.1, 0.15) is 12.0 Å². The first-order valence-electron chi connectivity index (χ1n) is 6.66. The summed E-state index contributed by atoms with van der Waals surface area (Å²) in [7, 11) is 0. The molecule has 106 valence electrons. The molecule has 0 aliphatic heterocycles. The smallest absolute Gasteiger partial charge is 0.119 e. The number of nitrogens with zero attached hydrogens (tertiary/aromatic N) is 3. The molecule has 0 amide bonds. The van der Waals surface area contributed by atoms with Crippen molar-refractivity contribution in [2.24, 2.45) is 16.0 Å². The van der Waals surface area contributed by atoms with Crippen LogP contribution in [0, 0.1) is 11.3 Å².